The Hall–Kier alpha value is -2.95. The van der Waals surface area contributed by atoms with E-state index < -0.39 is 22.9 Å². The van der Waals surface area contributed by atoms with Crippen LogP contribution in [0.3, 0.4) is 0 Å². The highest BCUT2D eigenvalue weighted by Gasteiger charge is 2.41. The van der Waals surface area contributed by atoms with Gasteiger partial charge in [-0.25, -0.2) is 4.68 Å². The summed E-state index contributed by atoms with van der Waals surface area (Å²) in [5.74, 6) is -1.76. The smallest absolute Gasteiger partial charge is 0.376 e. The Kier molecular flexibility index (Phi) is 5.69. The van der Waals surface area contributed by atoms with Crippen molar-refractivity contribution in [3.63, 3.8) is 0 Å². The van der Waals surface area contributed by atoms with Crippen molar-refractivity contribution in [1.82, 2.24) is 15.1 Å². The maximum absolute atomic E-state index is 12.9. The van der Waals surface area contributed by atoms with Gasteiger partial charge in [-0.05, 0) is 37.8 Å². The van der Waals surface area contributed by atoms with Crippen LogP contribution in [0.4, 0.5) is 18.9 Å². The molecule has 1 aliphatic heterocycles. The van der Waals surface area contributed by atoms with Crippen LogP contribution in [0.15, 0.2) is 24.3 Å². The zero-order valence-electron chi connectivity index (χ0n) is 16.5. The number of halogens is 3. The standard InChI is InChI=1S/C20H21F3N4O4/c21-20(22,23)12-1-3-13(4-2-12)24-19(28)18-16-11-31-10-9-17(16)26(25-18)14-5-7-15(8-6-14)27(29)30/h5-8,12-13H,1-4,9-11H2,(H,24,28)/t12-,13-. The Labute approximate surface area is 175 Å². The van der Waals surface area contributed by atoms with E-state index in [1.54, 1.807) is 16.8 Å². The van der Waals surface area contributed by atoms with E-state index in [0.717, 1.165) is 5.69 Å². The minimum absolute atomic E-state index is 0.00704. The Bertz CT molecular complexity index is 980. The van der Waals surface area contributed by atoms with Crippen molar-refractivity contribution in [2.24, 2.45) is 5.92 Å². The van der Waals surface area contributed by atoms with Crippen molar-refractivity contribution < 1.29 is 27.6 Å². The van der Waals surface area contributed by atoms with E-state index in [-0.39, 0.29) is 49.7 Å². The predicted octanol–water partition coefficient (Wildman–Crippen LogP) is 3.70. The second-order valence-electron chi connectivity index (χ2n) is 7.83. The first-order valence-electron chi connectivity index (χ1n) is 10.0. The van der Waals surface area contributed by atoms with E-state index in [0.29, 0.717) is 24.3 Å². The number of carbonyl (C=O) groups excluding carboxylic acids is 1. The van der Waals surface area contributed by atoms with Gasteiger partial charge in [-0.3, -0.25) is 14.9 Å². The summed E-state index contributed by atoms with van der Waals surface area (Å²) in [7, 11) is 0. The van der Waals surface area contributed by atoms with Crippen LogP contribution in [-0.4, -0.2) is 39.4 Å². The Morgan fingerprint density at radius 3 is 2.48 bits per heavy atom. The van der Waals surface area contributed by atoms with Gasteiger partial charge in [-0.2, -0.15) is 18.3 Å². The molecule has 8 nitrogen and oxygen atoms in total. The van der Waals surface area contributed by atoms with Crippen molar-refractivity contribution in [2.75, 3.05) is 6.61 Å². The molecular weight excluding hydrogens is 417 g/mol. The number of fused-ring (bicyclic) bond motifs is 1. The highest BCUT2D eigenvalue weighted by atomic mass is 19.4. The summed E-state index contributed by atoms with van der Waals surface area (Å²) in [6.45, 7) is 0.653. The van der Waals surface area contributed by atoms with Crippen molar-refractivity contribution in [2.45, 2.75) is 50.9 Å². The van der Waals surface area contributed by atoms with Gasteiger partial charge in [0, 0.05) is 30.2 Å². The molecule has 0 spiro atoms. The van der Waals surface area contributed by atoms with Crippen molar-refractivity contribution in [1.29, 1.82) is 0 Å². The molecule has 1 aromatic heterocycles. The molecule has 0 unspecified atom stereocenters. The molecule has 2 aromatic rings. The lowest BCUT2D eigenvalue weighted by Gasteiger charge is -2.30. The number of nitrogens with zero attached hydrogens (tertiary/aromatic N) is 3. The molecule has 2 aliphatic rings. The van der Waals surface area contributed by atoms with Crippen LogP contribution < -0.4 is 5.32 Å². The number of nitro groups is 1. The van der Waals surface area contributed by atoms with Gasteiger partial charge in [-0.15, -0.1) is 0 Å². The lowest BCUT2D eigenvalue weighted by Crippen LogP contribution is -2.40. The average Bonchev–Trinajstić information content (AvgIpc) is 3.13. The van der Waals surface area contributed by atoms with Gasteiger partial charge in [0.1, 0.15) is 0 Å². The van der Waals surface area contributed by atoms with Gasteiger partial charge in [0.25, 0.3) is 11.6 Å². The summed E-state index contributed by atoms with van der Waals surface area (Å²) >= 11 is 0. The zero-order chi connectivity index (χ0) is 22.2. The van der Waals surface area contributed by atoms with E-state index in [1.807, 2.05) is 0 Å². The minimum atomic E-state index is -4.20. The van der Waals surface area contributed by atoms with E-state index in [2.05, 4.69) is 10.4 Å². The SMILES string of the molecule is O=C(N[C@H]1CC[C@H](C(F)(F)F)CC1)c1nn(-c2ccc([N+](=O)[O-])cc2)c2c1COCC2. The largest absolute Gasteiger partial charge is 0.391 e. The summed E-state index contributed by atoms with van der Waals surface area (Å²) in [5.41, 5.74) is 2.11. The van der Waals surface area contributed by atoms with Crippen LogP contribution in [0.5, 0.6) is 0 Å². The number of rotatable bonds is 4. The molecular formula is C20H21F3N4O4. The number of carbonyl (C=O) groups is 1. The first-order valence-corrected chi connectivity index (χ1v) is 10.0. The normalized spacial score (nSPS) is 21.4. The third kappa shape index (κ3) is 4.41. The number of nitro benzene ring substituents is 1. The molecule has 1 aliphatic carbocycles. The molecule has 0 atom stereocenters. The van der Waals surface area contributed by atoms with Crippen molar-refractivity contribution >= 4 is 11.6 Å². The second kappa shape index (κ2) is 8.29. The number of nitrogens with one attached hydrogen (secondary N) is 1. The molecule has 1 aromatic carbocycles. The number of hydrogen-bond donors (Lipinski definition) is 1. The lowest BCUT2D eigenvalue weighted by molar-refractivity contribution is -0.384. The number of non-ortho nitro benzene ring substituents is 1. The van der Waals surface area contributed by atoms with Gasteiger partial charge in [0.05, 0.1) is 35.4 Å². The van der Waals surface area contributed by atoms with Crippen molar-refractivity contribution in [3.05, 3.63) is 51.3 Å². The third-order valence-corrected chi connectivity index (χ3v) is 5.86. The highest BCUT2D eigenvalue weighted by Crippen LogP contribution is 2.37. The molecule has 31 heavy (non-hydrogen) atoms. The molecule has 0 radical (unpaired) electrons. The van der Waals surface area contributed by atoms with Gasteiger partial charge in [-0.1, -0.05) is 0 Å². The van der Waals surface area contributed by atoms with Gasteiger partial charge < -0.3 is 10.1 Å². The van der Waals surface area contributed by atoms with Crippen molar-refractivity contribution in [3.8, 4) is 5.69 Å². The number of benzene rings is 1. The topological polar surface area (TPSA) is 99.3 Å². The van der Waals surface area contributed by atoms with Crippen LogP contribution in [-0.2, 0) is 17.8 Å². The maximum atomic E-state index is 12.9. The van der Waals surface area contributed by atoms with E-state index in [9.17, 15) is 28.1 Å². The minimum Gasteiger partial charge on any atom is -0.376 e. The van der Waals surface area contributed by atoms with Crippen LogP contribution in [0.1, 0.15) is 47.4 Å². The van der Waals surface area contributed by atoms with E-state index >= 15 is 0 Å². The molecule has 11 heteroatoms. The molecule has 4 rings (SSSR count). The summed E-state index contributed by atoms with van der Waals surface area (Å²) in [5, 5.41) is 18.1. The molecule has 0 saturated heterocycles. The molecule has 1 saturated carbocycles. The molecule has 0 bridgehead atoms. The zero-order valence-corrected chi connectivity index (χ0v) is 16.5. The fourth-order valence-electron chi connectivity index (χ4n) is 4.17. The average molecular weight is 438 g/mol. The first kappa shape index (κ1) is 21.3. The predicted molar refractivity (Wildman–Crippen MR) is 103 cm³/mol. The molecule has 166 valence electrons. The van der Waals surface area contributed by atoms with Gasteiger partial charge in [0.2, 0.25) is 0 Å². The van der Waals surface area contributed by atoms with Crippen LogP contribution in [0.25, 0.3) is 5.69 Å². The Morgan fingerprint density at radius 2 is 1.87 bits per heavy atom. The Morgan fingerprint density at radius 1 is 1.19 bits per heavy atom. The maximum Gasteiger partial charge on any atom is 0.391 e. The summed E-state index contributed by atoms with van der Waals surface area (Å²) in [4.78, 5) is 23.3. The number of hydrogen-bond acceptors (Lipinski definition) is 5. The van der Waals surface area contributed by atoms with Crippen LogP contribution in [0.2, 0.25) is 0 Å². The Balaban J connectivity index is 1.53. The number of aromatic nitrogens is 2. The molecule has 1 N–H and O–H groups in total. The first-order chi connectivity index (χ1) is 14.7. The summed E-state index contributed by atoms with van der Waals surface area (Å²) in [6.07, 6.45) is -3.17. The number of alkyl halides is 3. The summed E-state index contributed by atoms with van der Waals surface area (Å²) in [6, 6.07) is 5.50. The summed E-state index contributed by atoms with van der Waals surface area (Å²) < 4.78 is 45.7. The van der Waals surface area contributed by atoms with E-state index in [1.165, 1.54) is 12.1 Å². The van der Waals surface area contributed by atoms with Gasteiger partial charge in [0.15, 0.2) is 5.69 Å². The number of ether oxygens (including phenoxy) is 1. The molecule has 2 heterocycles. The quantitative estimate of drug-likeness (QED) is 0.580. The van der Waals surface area contributed by atoms with Gasteiger partial charge >= 0.3 is 6.18 Å². The number of amides is 1. The fourth-order valence-corrected chi connectivity index (χ4v) is 4.17. The molecule has 1 amide bonds. The van der Waals surface area contributed by atoms with Crippen LogP contribution >= 0.6 is 0 Å². The third-order valence-electron chi connectivity index (χ3n) is 5.86. The fraction of sp³-hybridized carbons (Fsp3) is 0.500. The molecule has 1 fully saturated rings. The second-order valence-corrected chi connectivity index (χ2v) is 7.83. The van der Waals surface area contributed by atoms with E-state index in [4.69, 9.17) is 4.74 Å². The lowest BCUT2D eigenvalue weighted by atomic mass is 9.85. The monoisotopic (exact) mass is 438 g/mol. The van der Waals surface area contributed by atoms with Crippen LogP contribution in [0, 0.1) is 16.0 Å². The highest BCUT2D eigenvalue weighted by molar-refractivity contribution is 5.94.